The third-order valence-corrected chi connectivity index (χ3v) is 4.69. The summed E-state index contributed by atoms with van der Waals surface area (Å²) < 4.78 is 56.2. The molecule has 1 aromatic carbocycles. The van der Waals surface area contributed by atoms with Gasteiger partial charge in [-0.15, -0.1) is 0 Å². The van der Waals surface area contributed by atoms with E-state index >= 15 is 0 Å². The van der Waals surface area contributed by atoms with E-state index in [2.05, 4.69) is 9.97 Å². The highest BCUT2D eigenvalue weighted by Gasteiger charge is 2.11. The number of ether oxygens (including phenoxy) is 2. The second-order valence-electron chi connectivity index (χ2n) is 5.50. The van der Waals surface area contributed by atoms with E-state index in [9.17, 15) is 13.0 Å². The van der Waals surface area contributed by atoms with Gasteiger partial charge in [-0.05, 0) is 35.9 Å². The first-order valence-corrected chi connectivity index (χ1v) is 9.43. The van der Waals surface area contributed by atoms with E-state index in [1.54, 1.807) is 12.1 Å². The molecule has 26 heavy (non-hydrogen) atoms. The van der Waals surface area contributed by atoms with Crippen LogP contribution in [-0.2, 0) is 16.3 Å². The monoisotopic (exact) mass is 379 g/mol. The Kier molecular flexibility index (Phi) is 4.99. The minimum Gasteiger partial charge on any atom is -0.488 e. The van der Waals surface area contributed by atoms with Crippen molar-refractivity contribution in [2.75, 3.05) is 13.1 Å². The molecule has 0 spiro atoms. The second-order valence-corrected chi connectivity index (χ2v) is 7.66. The summed E-state index contributed by atoms with van der Waals surface area (Å²) in [5.74, 6) is -0.121. The van der Waals surface area contributed by atoms with Crippen LogP contribution in [0, 0.1) is 10.6 Å². The first-order chi connectivity index (χ1) is 12.4. The molecule has 0 aliphatic heterocycles. The summed E-state index contributed by atoms with van der Waals surface area (Å²) in [7, 11) is -3.04. The molecular formula is C17H15F2N3O3S. The molecule has 0 radical (unpaired) electrons. The molecule has 3 aromatic rings. The summed E-state index contributed by atoms with van der Waals surface area (Å²) in [6.45, 7) is -1.05. The SMILES string of the molecule is CS(=N)(=O)c1cc(F)cc(COc2ccnc3c(OCF)nccc23)c1. The minimum absolute atomic E-state index is 0.0129. The van der Waals surface area contributed by atoms with Gasteiger partial charge in [0.25, 0.3) is 0 Å². The molecule has 2 aromatic heterocycles. The summed E-state index contributed by atoms with van der Waals surface area (Å²) in [5, 5.41) is 0.558. The van der Waals surface area contributed by atoms with Gasteiger partial charge in [0, 0.05) is 24.0 Å². The van der Waals surface area contributed by atoms with Crippen LogP contribution < -0.4 is 9.47 Å². The topological polar surface area (TPSA) is 85.2 Å². The molecule has 0 bridgehead atoms. The smallest absolute Gasteiger partial charge is 0.243 e. The lowest BCUT2D eigenvalue weighted by Gasteiger charge is -2.11. The third-order valence-electron chi connectivity index (χ3n) is 3.55. The molecule has 3 rings (SSSR count). The number of alkyl halides is 1. The van der Waals surface area contributed by atoms with Gasteiger partial charge in [0.05, 0.1) is 14.6 Å². The molecule has 9 heteroatoms. The van der Waals surface area contributed by atoms with E-state index in [0.717, 1.165) is 6.07 Å². The fourth-order valence-corrected chi connectivity index (χ4v) is 3.11. The zero-order valence-corrected chi connectivity index (χ0v) is 14.6. The first-order valence-electron chi connectivity index (χ1n) is 7.47. The number of rotatable bonds is 6. The maximum atomic E-state index is 13.7. The molecule has 0 aliphatic rings. The molecule has 0 fully saturated rings. The van der Waals surface area contributed by atoms with Crippen molar-refractivity contribution in [2.24, 2.45) is 0 Å². The second kappa shape index (κ2) is 7.20. The number of fused-ring (bicyclic) bond motifs is 1. The predicted molar refractivity (Wildman–Crippen MR) is 91.9 cm³/mol. The van der Waals surface area contributed by atoms with Crippen LogP contribution in [0.25, 0.3) is 10.9 Å². The number of benzene rings is 1. The highest BCUT2D eigenvalue weighted by molar-refractivity contribution is 7.91. The van der Waals surface area contributed by atoms with Crippen molar-refractivity contribution in [1.29, 1.82) is 4.78 Å². The van der Waals surface area contributed by atoms with Crippen LogP contribution in [0.3, 0.4) is 0 Å². The number of halogens is 2. The molecule has 1 N–H and O–H groups in total. The highest BCUT2D eigenvalue weighted by Crippen LogP contribution is 2.29. The maximum Gasteiger partial charge on any atom is 0.243 e. The zero-order valence-electron chi connectivity index (χ0n) is 13.7. The van der Waals surface area contributed by atoms with Gasteiger partial charge in [-0.1, -0.05) is 0 Å². The average molecular weight is 379 g/mol. The number of hydrogen-bond donors (Lipinski definition) is 1. The van der Waals surface area contributed by atoms with Crippen molar-refractivity contribution in [3.63, 3.8) is 0 Å². The summed E-state index contributed by atoms with van der Waals surface area (Å²) in [5.41, 5.74) is 0.770. The van der Waals surface area contributed by atoms with Gasteiger partial charge >= 0.3 is 0 Å². The van der Waals surface area contributed by atoms with Crippen molar-refractivity contribution in [1.82, 2.24) is 9.97 Å². The zero-order chi connectivity index (χ0) is 18.7. The van der Waals surface area contributed by atoms with Crippen LogP contribution in [0.1, 0.15) is 5.56 Å². The van der Waals surface area contributed by atoms with E-state index < -0.39 is 22.4 Å². The predicted octanol–water partition coefficient (Wildman–Crippen LogP) is 3.69. The number of aromatic nitrogens is 2. The lowest BCUT2D eigenvalue weighted by Crippen LogP contribution is -2.02. The minimum atomic E-state index is -3.04. The normalized spacial score (nSPS) is 13.3. The summed E-state index contributed by atoms with van der Waals surface area (Å²) in [6.07, 6.45) is 4.13. The van der Waals surface area contributed by atoms with Gasteiger partial charge in [-0.2, -0.15) is 0 Å². The molecule has 1 unspecified atom stereocenters. The maximum absolute atomic E-state index is 13.7. The van der Waals surface area contributed by atoms with Gasteiger partial charge in [0.1, 0.15) is 23.7 Å². The van der Waals surface area contributed by atoms with E-state index in [1.807, 2.05) is 0 Å². The van der Waals surface area contributed by atoms with Crippen molar-refractivity contribution >= 4 is 20.6 Å². The number of nitrogens with zero attached hydrogens (tertiary/aromatic N) is 2. The largest absolute Gasteiger partial charge is 0.488 e. The summed E-state index contributed by atoms with van der Waals surface area (Å²) >= 11 is 0. The lowest BCUT2D eigenvalue weighted by atomic mass is 10.2. The van der Waals surface area contributed by atoms with Crippen LogP contribution >= 0.6 is 0 Å². The Bertz CT molecular complexity index is 1060. The van der Waals surface area contributed by atoms with Gasteiger partial charge in [0.2, 0.25) is 12.7 Å². The van der Waals surface area contributed by atoms with Crippen molar-refractivity contribution in [2.45, 2.75) is 11.5 Å². The fourth-order valence-electron chi connectivity index (χ4n) is 2.40. The summed E-state index contributed by atoms with van der Waals surface area (Å²) in [4.78, 5) is 8.14. The number of hydrogen-bond acceptors (Lipinski definition) is 6. The van der Waals surface area contributed by atoms with E-state index in [0.29, 0.717) is 22.2 Å². The molecule has 0 saturated carbocycles. The first kappa shape index (κ1) is 18.0. The van der Waals surface area contributed by atoms with Crippen molar-refractivity contribution in [3.8, 4) is 11.6 Å². The number of pyridine rings is 2. The van der Waals surface area contributed by atoms with Crippen LogP contribution in [0.2, 0.25) is 0 Å². The molecule has 0 aliphatic carbocycles. The molecule has 0 saturated heterocycles. The molecule has 0 amide bonds. The van der Waals surface area contributed by atoms with Crippen LogP contribution in [0.5, 0.6) is 11.6 Å². The van der Waals surface area contributed by atoms with Gasteiger partial charge in [-0.25, -0.2) is 22.8 Å². The number of nitrogens with one attached hydrogen (secondary N) is 1. The molecule has 6 nitrogen and oxygen atoms in total. The molecule has 1 atom stereocenters. The molecule has 136 valence electrons. The van der Waals surface area contributed by atoms with Gasteiger partial charge in [-0.3, -0.25) is 4.98 Å². The van der Waals surface area contributed by atoms with Crippen molar-refractivity contribution < 1.29 is 22.5 Å². The Balaban J connectivity index is 1.91. The lowest BCUT2D eigenvalue weighted by molar-refractivity contribution is 0.187. The van der Waals surface area contributed by atoms with E-state index in [1.165, 1.54) is 30.8 Å². The molecule has 2 heterocycles. The Labute approximate surface area is 148 Å². The van der Waals surface area contributed by atoms with Gasteiger partial charge in [0.15, 0.2) is 0 Å². The Morgan fingerprint density at radius 3 is 2.65 bits per heavy atom. The van der Waals surface area contributed by atoms with E-state index in [-0.39, 0.29) is 17.4 Å². The van der Waals surface area contributed by atoms with Crippen LogP contribution in [-0.4, -0.2) is 27.3 Å². The fraction of sp³-hybridized carbons (Fsp3) is 0.176. The van der Waals surface area contributed by atoms with Crippen molar-refractivity contribution in [3.05, 3.63) is 54.1 Å². The molecular weight excluding hydrogens is 364 g/mol. The van der Waals surface area contributed by atoms with Gasteiger partial charge < -0.3 is 9.47 Å². The highest BCUT2D eigenvalue weighted by atomic mass is 32.2. The average Bonchev–Trinajstić information content (AvgIpc) is 2.59. The Hall–Kier alpha value is -2.81. The standard InChI is InChI=1S/C17H15F2N3O3S/c1-26(20,23)13-7-11(6-12(19)8-13)9-24-15-3-5-21-16-14(15)2-4-22-17(16)25-10-18/h2-8,20H,9-10H2,1H3. The summed E-state index contributed by atoms with van der Waals surface area (Å²) in [6, 6.07) is 7.04. The van der Waals surface area contributed by atoms with Crippen LogP contribution in [0.15, 0.2) is 47.6 Å². The Morgan fingerprint density at radius 1 is 1.15 bits per heavy atom. The quantitative estimate of drug-likeness (QED) is 0.706. The third kappa shape index (κ3) is 3.88. The Morgan fingerprint density at radius 2 is 1.92 bits per heavy atom. The van der Waals surface area contributed by atoms with Crippen LogP contribution in [0.4, 0.5) is 8.78 Å². The van der Waals surface area contributed by atoms with E-state index in [4.69, 9.17) is 14.3 Å².